The molecule has 0 fully saturated rings. The number of hydrazone groups is 1. The van der Waals surface area contributed by atoms with Gasteiger partial charge >= 0.3 is 0 Å². The molecule has 0 atom stereocenters. The van der Waals surface area contributed by atoms with E-state index in [1.54, 1.807) is 33.3 Å². The van der Waals surface area contributed by atoms with Gasteiger partial charge in [0.25, 0.3) is 5.91 Å². The van der Waals surface area contributed by atoms with Crippen LogP contribution in [0.1, 0.15) is 22.8 Å². The normalized spacial score (nSPS) is 11.0. The number of hydrogen-bond acceptors (Lipinski definition) is 4. The van der Waals surface area contributed by atoms with Gasteiger partial charge in [0, 0.05) is 11.1 Å². The fraction of sp³-hybridized carbons (Fsp3) is 0.176. The Bertz CT molecular complexity index is 727. The fourth-order valence-electron chi connectivity index (χ4n) is 1.93. The van der Waals surface area contributed by atoms with Crippen molar-refractivity contribution in [2.75, 3.05) is 14.2 Å². The van der Waals surface area contributed by atoms with Crippen molar-refractivity contribution in [1.29, 1.82) is 0 Å². The van der Waals surface area contributed by atoms with Gasteiger partial charge in [-0.25, -0.2) is 9.82 Å². The van der Waals surface area contributed by atoms with Crippen LogP contribution < -0.4 is 14.9 Å². The number of rotatable bonds is 5. The van der Waals surface area contributed by atoms with E-state index in [0.717, 1.165) is 5.56 Å². The number of nitrogens with zero attached hydrogens (tertiary/aromatic N) is 1. The molecule has 0 aliphatic heterocycles. The first-order valence-electron chi connectivity index (χ1n) is 6.87. The highest BCUT2D eigenvalue weighted by Crippen LogP contribution is 2.27. The number of hydrogen-bond donors (Lipinski definition) is 1. The predicted molar refractivity (Wildman–Crippen MR) is 85.6 cm³/mol. The Hall–Kier alpha value is -2.89. The molecule has 2 rings (SSSR count). The Balaban J connectivity index is 2.13. The number of benzene rings is 2. The molecule has 0 heterocycles. The van der Waals surface area contributed by atoms with Crippen molar-refractivity contribution in [1.82, 2.24) is 5.43 Å². The highest BCUT2D eigenvalue weighted by molar-refractivity contribution is 6.01. The molecule has 1 amide bonds. The molecule has 2 aromatic carbocycles. The minimum Gasteiger partial charge on any atom is -0.493 e. The van der Waals surface area contributed by atoms with Crippen molar-refractivity contribution in [2.24, 2.45) is 5.10 Å². The molecule has 0 radical (unpaired) electrons. The van der Waals surface area contributed by atoms with Crippen LogP contribution in [0.4, 0.5) is 4.39 Å². The van der Waals surface area contributed by atoms with Crippen molar-refractivity contribution in [3.8, 4) is 11.5 Å². The van der Waals surface area contributed by atoms with Gasteiger partial charge in [0.15, 0.2) is 11.5 Å². The van der Waals surface area contributed by atoms with E-state index in [1.807, 2.05) is 6.07 Å². The molecule has 1 N–H and O–H groups in total. The number of amides is 1. The van der Waals surface area contributed by atoms with Gasteiger partial charge in [-0.3, -0.25) is 4.79 Å². The topological polar surface area (TPSA) is 59.9 Å². The van der Waals surface area contributed by atoms with Gasteiger partial charge in [-0.05, 0) is 49.4 Å². The zero-order valence-corrected chi connectivity index (χ0v) is 13.1. The van der Waals surface area contributed by atoms with Crippen LogP contribution >= 0.6 is 0 Å². The van der Waals surface area contributed by atoms with E-state index < -0.39 is 11.7 Å². The summed E-state index contributed by atoms with van der Waals surface area (Å²) >= 11 is 0. The van der Waals surface area contributed by atoms with Crippen molar-refractivity contribution in [3.05, 3.63) is 59.4 Å². The first-order chi connectivity index (χ1) is 11.0. The van der Waals surface area contributed by atoms with Gasteiger partial charge in [0.05, 0.1) is 19.9 Å². The van der Waals surface area contributed by atoms with Crippen molar-refractivity contribution in [3.63, 3.8) is 0 Å². The number of carbonyl (C=O) groups is 1. The van der Waals surface area contributed by atoms with E-state index in [1.165, 1.54) is 24.3 Å². The molecule has 0 spiro atoms. The van der Waals surface area contributed by atoms with Crippen molar-refractivity contribution < 1.29 is 18.7 Å². The predicted octanol–water partition coefficient (Wildman–Crippen LogP) is 3.00. The third-order valence-electron chi connectivity index (χ3n) is 3.23. The van der Waals surface area contributed by atoms with E-state index in [-0.39, 0.29) is 0 Å². The smallest absolute Gasteiger partial charge is 0.271 e. The lowest BCUT2D eigenvalue weighted by Gasteiger charge is -2.09. The minimum atomic E-state index is -0.412. The zero-order chi connectivity index (χ0) is 16.8. The lowest BCUT2D eigenvalue weighted by molar-refractivity contribution is 0.0955. The lowest BCUT2D eigenvalue weighted by atomic mass is 10.1. The molecule has 6 heteroatoms. The second-order valence-corrected chi connectivity index (χ2v) is 4.71. The highest BCUT2D eigenvalue weighted by Gasteiger charge is 2.08. The number of carbonyl (C=O) groups excluding carboxylic acids is 1. The van der Waals surface area contributed by atoms with Crippen LogP contribution in [0, 0.1) is 5.82 Å². The molecule has 0 saturated heterocycles. The van der Waals surface area contributed by atoms with E-state index in [0.29, 0.717) is 22.8 Å². The van der Waals surface area contributed by atoms with E-state index in [9.17, 15) is 9.18 Å². The molecule has 0 bridgehead atoms. The van der Waals surface area contributed by atoms with Gasteiger partial charge < -0.3 is 9.47 Å². The maximum atomic E-state index is 12.8. The summed E-state index contributed by atoms with van der Waals surface area (Å²) < 4.78 is 23.2. The Morgan fingerprint density at radius 3 is 2.22 bits per heavy atom. The third-order valence-corrected chi connectivity index (χ3v) is 3.23. The first kappa shape index (κ1) is 16.5. The van der Waals surface area contributed by atoms with Crippen LogP contribution in [0.15, 0.2) is 47.6 Å². The maximum absolute atomic E-state index is 12.8. The first-order valence-corrected chi connectivity index (χ1v) is 6.87. The van der Waals surface area contributed by atoms with Gasteiger partial charge in [-0.1, -0.05) is 0 Å². The minimum absolute atomic E-state index is 0.329. The van der Waals surface area contributed by atoms with Gasteiger partial charge in [-0.2, -0.15) is 5.10 Å². The zero-order valence-electron chi connectivity index (χ0n) is 13.1. The second-order valence-electron chi connectivity index (χ2n) is 4.71. The van der Waals surface area contributed by atoms with Crippen LogP contribution in [-0.2, 0) is 0 Å². The molecule has 0 unspecified atom stereocenters. The summed E-state index contributed by atoms with van der Waals surface area (Å²) in [6, 6.07) is 10.6. The Morgan fingerprint density at radius 1 is 1.00 bits per heavy atom. The molecule has 0 aromatic heterocycles. The summed E-state index contributed by atoms with van der Waals surface area (Å²) in [4.78, 5) is 11.9. The molecule has 120 valence electrons. The van der Waals surface area contributed by atoms with E-state index in [2.05, 4.69) is 10.5 Å². The highest BCUT2D eigenvalue weighted by atomic mass is 19.1. The number of halogens is 1. The molecular formula is C17H17FN2O3. The monoisotopic (exact) mass is 316 g/mol. The molecule has 0 saturated carbocycles. The maximum Gasteiger partial charge on any atom is 0.271 e. The van der Waals surface area contributed by atoms with Crippen LogP contribution in [-0.4, -0.2) is 25.8 Å². The summed E-state index contributed by atoms with van der Waals surface area (Å²) in [5.41, 5.74) is 4.14. The van der Waals surface area contributed by atoms with Gasteiger partial charge in [-0.15, -0.1) is 0 Å². The van der Waals surface area contributed by atoms with Crippen molar-refractivity contribution in [2.45, 2.75) is 6.92 Å². The van der Waals surface area contributed by atoms with E-state index in [4.69, 9.17) is 9.47 Å². The molecule has 23 heavy (non-hydrogen) atoms. The van der Waals surface area contributed by atoms with Crippen LogP contribution in [0.25, 0.3) is 0 Å². The van der Waals surface area contributed by atoms with Crippen molar-refractivity contribution >= 4 is 11.6 Å². The summed E-state index contributed by atoms with van der Waals surface area (Å²) in [5.74, 6) is 0.375. The lowest BCUT2D eigenvalue weighted by Crippen LogP contribution is -2.19. The van der Waals surface area contributed by atoms with Gasteiger partial charge in [0.1, 0.15) is 5.82 Å². The van der Waals surface area contributed by atoms with E-state index >= 15 is 0 Å². The summed E-state index contributed by atoms with van der Waals surface area (Å²) in [7, 11) is 3.10. The summed E-state index contributed by atoms with van der Waals surface area (Å²) in [6.45, 7) is 1.76. The molecule has 5 nitrogen and oxygen atoms in total. The summed E-state index contributed by atoms with van der Waals surface area (Å²) in [6.07, 6.45) is 0. The SMILES string of the molecule is COc1ccc(C(C)=NNC(=O)c2ccc(F)cc2)cc1OC. The number of ether oxygens (including phenoxy) is 2. The van der Waals surface area contributed by atoms with Crippen LogP contribution in [0.3, 0.4) is 0 Å². The van der Waals surface area contributed by atoms with Crippen LogP contribution in [0.5, 0.6) is 11.5 Å². The molecule has 2 aromatic rings. The van der Waals surface area contributed by atoms with Crippen LogP contribution in [0.2, 0.25) is 0 Å². The Labute approximate surface area is 133 Å². The largest absolute Gasteiger partial charge is 0.493 e. The fourth-order valence-corrected chi connectivity index (χ4v) is 1.93. The standard InChI is InChI=1S/C17H17FN2O3/c1-11(13-6-9-15(22-2)16(10-13)23-3)19-20-17(21)12-4-7-14(18)8-5-12/h4-10H,1-3H3,(H,20,21). The molecule has 0 aliphatic rings. The average Bonchev–Trinajstić information content (AvgIpc) is 2.59. The summed E-state index contributed by atoms with van der Waals surface area (Å²) in [5, 5.41) is 4.05. The number of methoxy groups -OCH3 is 2. The molecule has 0 aliphatic carbocycles. The average molecular weight is 316 g/mol. The quantitative estimate of drug-likeness (QED) is 0.681. The number of nitrogens with one attached hydrogen (secondary N) is 1. The Kier molecular flexibility index (Phi) is 5.30. The third kappa shape index (κ3) is 4.06. The van der Waals surface area contributed by atoms with Gasteiger partial charge in [0.2, 0.25) is 0 Å². The molecular weight excluding hydrogens is 299 g/mol. The second kappa shape index (κ2) is 7.40. The Morgan fingerprint density at radius 2 is 1.61 bits per heavy atom.